The fourth-order valence-electron chi connectivity index (χ4n) is 4.82. The lowest BCUT2D eigenvalue weighted by atomic mass is 9.96. The SMILES string of the molecule is CCCCCCc1cc(F)c(CCc2ccc3c(F)c(CCc4ccc(C#N)cc4)ccc3c2)c(F)c1. The molecule has 0 aliphatic rings. The van der Waals surface area contributed by atoms with Gasteiger partial charge in [-0.25, -0.2) is 13.2 Å². The van der Waals surface area contributed by atoms with Crippen molar-refractivity contribution in [3.05, 3.63) is 118 Å². The Labute approximate surface area is 217 Å². The van der Waals surface area contributed by atoms with Crippen LogP contribution in [0.25, 0.3) is 10.8 Å². The van der Waals surface area contributed by atoms with Gasteiger partial charge in [-0.05, 0) is 90.4 Å². The van der Waals surface area contributed by atoms with Crippen molar-refractivity contribution in [2.45, 2.75) is 64.7 Å². The third-order valence-corrected chi connectivity index (χ3v) is 7.05. The minimum Gasteiger partial charge on any atom is -0.207 e. The molecule has 1 nitrogen and oxygen atoms in total. The molecule has 0 N–H and O–H groups in total. The van der Waals surface area contributed by atoms with Gasteiger partial charge < -0.3 is 0 Å². The zero-order valence-electron chi connectivity index (χ0n) is 21.3. The lowest BCUT2D eigenvalue weighted by Gasteiger charge is -2.11. The van der Waals surface area contributed by atoms with Crippen molar-refractivity contribution in [3.8, 4) is 6.07 Å². The first kappa shape index (κ1) is 26.5. The van der Waals surface area contributed by atoms with Crippen molar-refractivity contribution in [3.63, 3.8) is 0 Å². The van der Waals surface area contributed by atoms with E-state index in [0.29, 0.717) is 47.8 Å². The molecule has 0 heterocycles. The van der Waals surface area contributed by atoms with Crippen LogP contribution in [0.4, 0.5) is 13.2 Å². The van der Waals surface area contributed by atoms with E-state index < -0.39 is 11.6 Å². The molecule has 4 heteroatoms. The Balaban J connectivity index is 1.41. The van der Waals surface area contributed by atoms with Crippen LogP contribution >= 0.6 is 0 Å². The Bertz CT molecular complexity index is 1380. The van der Waals surface area contributed by atoms with Gasteiger partial charge in [0, 0.05) is 10.9 Å². The maximum atomic E-state index is 15.2. The molecular weight excluding hydrogens is 467 g/mol. The highest BCUT2D eigenvalue weighted by molar-refractivity contribution is 5.84. The highest BCUT2D eigenvalue weighted by Crippen LogP contribution is 2.25. The Hall–Kier alpha value is -3.58. The quantitative estimate of drug-likeness (QED) is 0.189. The standard InChI is InChI=1S/C33H32F3N/c1-2-3-4-5-6-26-20-31(34)30(32(35)21-26)18-13-24-12-17-29-28(19-24)16-15-27(33(29)36)14-11-23-7-9-25(22-37)10-8-23/h7-10,12,15-17,19-21H,2-6,11,13-14,18H2,1H3. The number of aryl methyl sites for hydroxylation is 4. The van der Waals surface area contributed by atoms with Crippen molar-refractivity contribution in [1.82, 2.24) is 0 Å². The maximum Gasteiger partial charge on any atom is 0.134 e. The molecule has 4 aromatic rings. The summed E-state index contributed by atoms with van der Waals surface area (Å²) < 4.78 is 44.5. The maximum absolute atomic E-state index is 15.2. The van der Waals surface area contributed by atoms with Gasteiger partial charge >= 0.3 is 0 Å². The molecule has 0 aliphatic carbocycles. The van der Waals surface area contributed by atoms with Crippen molar-refractivity contribution < 1.29 is 13.2 Å². The lowest BCUT2D eigenvalue weighted by Crippen LogP contribution is -2.02. The summed E-state index contributed by atoms with van der Waals surface area (Å²) >= 11 is 0. The van der Waals surface area contributed by atoms with E-state index in [0.717, 1.165) is 42.2 Å². The molecule has 0 aliphatic heterocycles. The average molecular weight is 500 g/mol. The van der Waals surface area contributed by atoms with Gasteiger partial charge in [0.05, 0.1) is 11.6 Å². The number of benzene rings is 4. The van der Waals surface area contributed by atoms with E-state index in [4.69, 9.17) is 5.26 Å². The summed E-state index contributed by atoms with van der Waals surface area (Å²) in [4.78, 5) is 0. The molecular formula is C33H32F3N. The second kappa shape index (κ2) is 12.6. The van der Waals surface area contributed by atoms with Gasteiger partial charge in [-0.3, -0.25) is 0 Å². The fourth-order valence-corrected chi connectivity index (χ4v) is 4.82. The van der Waals surface area contributed by atoms with Crippen molar-refractivity contribution in [2.75, 3.05) is 0 Å². The van der Waals surface area contributed by atoms with E-state index in [-0.39, 0.29) is 17.8 Å². The number of unbranched alkanes of at least 4 members (excludes halogenated alkanes) is 3. The zero-order valence-corrected chi connectivity index (χ0v) is 21.3. The number of hydrogen-bond acceptors (Lipinski definition) is 1. The number of hydrogen-bond donors (Lipinski definition) is 0. The molecule has 190 valence electrons. The Kier molecular flexibility index (Phi) is 9.01. The molecule has 0 amide bonds. The highest BCUT2D eigenvalue weighted by Gasteiger charge is 2.13. The van der Waals surface area contributed by atoms with Crippen molar-refractivity contribution in [1.29, 1.82) is 5.26 Å². The predicted molar refractivity (Wildman–Crippen MR) is 144 cm³/mol. The fraction of sp³-hybridized carbons (Fsp3) is 0.303. The molecule has 4 rings (SSSR count). The van der Waals surface area contributed by atoms with Gasteiger partial charge in [0.25, 0.3) is 0 Å². The van der Waals surface area contributed by atoms with Crippen LogP contribution in [0.2, 0.25) is 0 Å². The smallest absolute Gasteiger partial charge is 0.134 e. The summed E-state index contributed by atoms with van der Waals surface area (Å²) in [6, 6.07) is 21.6. The second-order valence-electron chi connectivity index (χ2n) is 9.75. The molecule has 0 aromatic heterocycles. The number of nitrogens with zero attached hydrogens (tertiary/aromatic N) is 1. The van der Waals surface area contributed by atoms with Crippen LogP contribution in [0, 0.1) is 28.8 Å². The van der Waals surface area contributed by atoms with Gasteiger partial charge in [0.15, 0.2) is 0 Å². The van der Waals surface area contributed by atoms with Crippen molar-refractivity contribution >= 4 is 10.8 Å². The number of fused-ring (bicyclic) bond motifs is 1. The van der Waals surface area contributed by atoms with E-state index >= 15 is 4.39 Å². The normalized spacial score (nSPS) is 11.1. The molecule has 0 atom stereocenters. The molecule has 37 heavy (non-hydrogen) atoms. The van der Waals surface area contributed by atoms with E-state index in [2.05, 4.69) is 13.0 Å². The summed E-state index contributed by atoms with van der Waals surface area (Å²) in [7, 11) is 0. The highest BCUT2D eigenvalue weighted by atomic mass is 19.1. The van der Waals surface area contributed by atoms with Crippen molar-refractivity contribution in [2.24, 2.45) is 0 Å². The monoisotopic (exact) mass is 499 g/mol. The third-order valence-electron chi connectivity index (χ3n) is 7.05. The Morgan fingerprint density at radius 3 is 2.05 bits per heavy atom. The van der Waals surface area contributed by atoms with E-state index in [1.54, 1.807) is 18.2 Å². The first-order valence-electron chi connectivity index (χ1n) is 13.1. The molecule has 0 saturated carbocycles. The second-order valence-corrected chi connectivity index (χ2v) is 9.75. The van der Waals surface area contributed by atoms with Crippen LogP contribution in [0.5, 0.6) is 0 Å². The number of rotatable bonds is 11. The topological polar surface area (TPSA) is 23.8 Å². The summed E-state index contributed by atoms with van der Waals surface area (Å²) in [5, 5.41) is 10.3. The average Bonchev–Trinajstić information content (AvgIpc) is 2.90. The van der Waals surface area contributed by atoms with Crippen LogP contribution in [-0.2, 0) is 32.1 Å². The molecule has 0 spiro atoms. The number of halogens is 3. The lowest BCUT2D eigenvalue weighted by molar-refractivity contribution is 0.549. The largest absolute Gasteiger partial charge is 0.207 e. The summed E-state index contributed by atoms with van der Waals surface area (Å²) in [6.07, 6.45) is 6.94. The van der Waals surface area contributed by atoms with Crippen LogP contribution in [0.15, 0.2) is 66.7 Å². The third kappa shape index (κ3) is 6.80. The van der Waals surface area contributed by atoms with Crippen LogP contribution in [0.3, 0.4) is 0 Å². The van der Waals surface area contributed by atoms with Crippen LogP contribution in [-0.4, -0.2) is 0 Å². The van der Waals surface area contributed by atoms with E-state index in [9.17, 15) is 8.78 Å². The van der Waals surface area contributed by atoms with Gasteiger partial charge in [0.2, 0.25) is 0 Å². The minimum atomic E-state index is -0.482. The van der Waals surface area contributed by atoms with Gasteiger partial charge in [-0.2, -0.15) is 5.26 Å². The summed E-state index contributed by atoms with van der Waals surface area (Å²) in [5.41, 5.74) is 4.05. The molecule has 4 aromatic carbocycles. The van der Waals surface area contributed by atoms with E-state index in [1.807, 2.05) is 36.4 Å². The summed E-state index contributed by atoms with van der Waals surface area (Å²) in [6.45, 7) is 2.14. The molecule has 0 unspecified atom stereocenters. The zero-order chi connectivity index (χ0) is 26.2. The summed E-state index contributed by atoms with van der Waals surface area (Å²) in [5.74, 6) is -1.20. The van der Waals surface area contributed by atoms with E-state index in [1.165, 1.54) is 12.1 Å². The molecule has 0 radical (unpaired) electrons. The van der Waals surface area contributed by atoms with Gasteiger partial charge in [0.1, 0.15) is 17.5 Å². The molecule has 0 fully saturated rings. The Morgan fingerprint density at radius 1 is 0.649 bits per heavy atom. The Morgan fingerprint density at radius 2 is 1.35 bits per heavy atom. The first-order chi connectivity index (χ1) is 18.0. The van der Waals surface area contributed by atoms with Crippen LogP contribution < -0.4 is 0 Å². The minimum absolute atomic E-state index is 0.113. The predicted octanol–water partition coefficient (Wildman–Crippen LogP) is 8.82. The van der Waals surface area contributed by atoms with Gasteiger partial charge in [-0.15, -0.1) is 0 Å². The molecule has 0 bridgehead atoms. The van der Waals surface area contributed by atoms with Gasteiger partial charge in [-0.1, -0.05) is 68.7 Å². The first-order valence-corrected chi connectivity index (χ1v) is 13.1. The van der Waals surface area contributed by atoms with Crippen LogP contribution in [0.1, 0.15) is 66.0 Å². The molecule has 0 saturated heterocycles. The number of nitriles is 1.